The Kier molecular flexibility index (Phi) is 40.8. The van der Waals surface area contributed by atoms with E-state index in [1.165, 1.54) is 44.9 Å². The largest absolute Gasteiger partial charge is 0.477 e. The summed E-state index contributed by atoms with van der Waals surface area (Å²) in [5.74, 6) is -1.65. The molecule has 8 heteroatoms. The van der Waals surface area contributed by atoms with Crippen LogP contribution in [0.2, 0.25) is 0 Å². The van der Waals surface area contributed by atoms with Crippen LogP contribution >= 0.6 is 0 Å². The normalized spacial score (nSPS) is 13.9. The van der Waals surface area contributed by atoms with Gasteiger partial charge in [0, 0.05) is 12.8 Å². The number of carbonyl (C=O) groups is 3. The van der Waals surface area contributed by atoms with Gasteiger partial charge in [0.2, 0.25) is 0 Å². The number of hydrogen-bond donors (Lipinski definition) is 1. The molecule has 0 aromatic rings. The van der Waals surface area contributed by atoms with Crippen molar-refractivity contribution in [1.29, 1.82) is 0 Å². The number of esters is 2. The molecule has 0 bridgehead atoms. The highest BCUT2D eigenvalue weighted by Gasteiger charge is 2.31. The summed E-state index contributed by atoms with van der Waals surface area (Å²) in [6, 6.07) is -0.637. The van der Waals surface area contributed by atoms with Crippen LogP contribution in [0.3, 0.4) is 0 Å². The van der Waals surface area contributed by atoms with Crippen LogP contribution in [0.25, 0.3) is 0 Å². The maximum atomic E-state index is 12.7. The van der Waals surface area contributed by atoms with E-state index in [1.807, 2.05) is 27.2 Å². The number of likely N-dealkylation sites (N-methyl/N-ethyl adjacent to an activating group) is 1. The van der Waals surface area contributed by atoms with E-state index in [2.05, 4.69) is 111 Å². The summed E-state index contributed by atoms with van der Waals surface area (Å²) in [4.78, 5) is 37.0. The van der Waals surface area contributed by atoms with Crippen LogP contribution in [-0.4, -0.2) is 80.6 Å². The zero-order valence-electron chi connectivity index (χ0n) is 39.8. The minimum atomic E-state index is -0.894. The molecule has 0 aliphatic rings. The molecule has 0 saturated heterocycles. The number of aliphatic carboxylic acids is 1. The molecule has 0 aromatic heterocycles. The SMILES string of the molecule is CC/C=C\C/C=C\C/C=C\C/C=C\C/C=C\CC(=O)OC(COCCC(C(=O)O)[N+](C)(C)C)COC(=O)CCCCCCCCCCCC/C=C\C/C=C\C/C=C\C/C=C\CC. The molecule has 0 aromatic carbocycles. The molecular formula is C54H88NO7+. The molecule has 0 radical (unpaired) electrons. The summed E-state index contributed by atoms with van der Waals surface area (Å²) in [7, 11) is 5.49. The highest BCUT2D eigenvalue weighted by molar-refractivity contribution is 5.72. The first-order chi connectivity index (χ1) is 30.1. The van der Waals surface area contributed by atoms with Crippen molar-refractivity contribution in [3.8, 4) is 0 Å². The summed E-state index contributed by atoms with van der Waals surface area (Å²) < 4.78 is 17.2. The van der Waals surface area contributed by atoms with Crippen LogP contribution in [0.4, 0.5) is 0 Å². The molecule has 2 atom stereocenters. The van der Waals surface area contributed by atoms with Crippen molar-refractivity contribution in [2.75, 3.05) is 41.0 Å². The zero-order valence-corrected chi connectivity index (χ0v) is 39.8. The van der Waals surface area contributed by atoms with Gasteiger partial charge in [-0.05, 0) is 77.0 Å². The molecule has 8 nitrogen and oxygen atoms in total. The van der Waals surface area contributed by atoms with Gasteiger partial charge in [0.15, 0.2) is 12.1 Å². The fraction of sp³-hybridized carbons (Fsp3) is 0.611. The maximum absolute atomic E-state index is 12.7. The van der Waals surface area contributed by atoms with Crippen molar-refractivity contribution < 1.29 is 38.2 Å². The lowest BCUT2D eigenvalue weighted by Crippen LogP contribution is -2.50. The van der Waals surface area contributed by atoms with Crippen molar-refractivity contribution in [2.24, 2.45) is 0 Å². The first kappa shape index (κ1) is 58.0. The Balaban J connectivity index is 4.36. The first-order valence-electron chi connectivity index (χ1n) is 23.9. The molecule has 0 heterocycles. The maximum Gasteiger partial charge on any atom is 0.362 e. The van der Waals surface area contributed by atoms with Crippen LogP contribution in [0, 0.1) is 0 Å². The Morgan fingerprint density at radius 2 is 0.903 bits per heavy atom. The van der Waals surface area contributed by atoms with Gasteiger partial charge in [-0.2, -0.15) is 0 Å². The molecule has 0 aliphatic carbocycles. The van der Waals surface area contributed by atoms with Crippen molar-refractivity contribution >= 4 is 17.9 Å². The lowest BCUT2D eigenvalue weighted by molar-refractivity contribution is -0.887. The van der Waals surface area contributed by atoms with E-state index in [0.717, 1.165) is 77.0 Å². The van der Waals surface area contributed by atoms with Gasteiger partial charge in [-0.1, -0.05) is 175 Å². The number of carboxylic acids is 1. The van der Waals surface area contributed by atoms with Crippen LogP contribution in [0.5, 0.6) is 0 Å². The molecule has 0 aliphatic heterocycles. The minimum absolute atomic E-state index is 0.0134. The summed E-state index contributed by atoms with van der Waals surface area (Å²) in [5, 5.41) is 9.63. The number of allylic oxidation sites excluding steroid dienone is 17. The van der Waals surface area contributed by atoms with Gasteiger partial charge in [-0.15, -0.1) is 0 Å². The Morgan fingerprint density at radius 1 is 0.500 bits per heavy atom. The van der Waals surface area contributed by atoms with Crippen molar-refractivity contribution in [2.45, 2.75) is 174 Å². The smallest absolute Gasteiger partial charge is 0.362 e. The van der Waals surface area contributed by atoms with Crippen LogP contribution in [0.1, 0.15) is 162 Å². The van der Waals surface area contributed by atoms with Gasteiger partial charge in [-0.3, -0.25) is 9.59 Å². The van der Waals surface area contributed by atoms with Crippen LogP contribution in [-0.2, 0) is 28.6 Å². The third-order valence-electron chi connectivity index (χ3n) is 9.95. The fourth-order valence-electron chi connectivity index (χ4n) is 6.33. The number of quaternary nitrogens is 1. The van der Waals surface area contributed by atoms with Gasteiger partial charge in [0.05, 0.1) is 40.8 Å². The van der Waals surface area contributed by atoms with Gasteiger partial charge in [-0.25, -0.2) is 4.79 Å². The number of rotatable bonds is 41. The second-order valence-corrected chi connectivity index (χ2v) is 16.6. The second-order valence-electron chi connectivity index (χ2n) is 16.6. The standard InChI is InChI=1S/C54H87NO7/c1-6-8-10-12-14-16-18-20-22-23-24-25-26-27-28-29-31-32-34-36-38-40-42-44-52(56)61-49-50(48-60-47-46-51(54(58)59)55(3,4)5)62-53(57)45-43-41-39-37-35-33-30-21-19-17-15-13-11-9-7-2/h8-11,14-17,20-22,24-25,30,35,37,41,43,50-51H,6-7,12-13,18-19,23,26-29,31-34,36,38-40,42,44-49H2,1-5H3/p+1/b10-8-,11-9-,16-14-,17-15-,22-20-,25-24-,30-21-,37-35-,43-41-. The van der Waals surface area contributed by atoms with E-state index in [9.17, 15) is 19.5 Å². The molecule has 0 rings (SSSR count). The van der Waals surface area contributed by atoms with Crippen LogP contribution in [0.15, 0.2) is 109 Å². The number of carbonyl (C=O) groups excluding carboxylic acids is 2. The average molecular weight is 863 g/mol. The molecule has 0 fully saturated rings. The van der Waals surface area contributed by atoms with Crippen molar-refractivity contribution in [3.63, 3.8) is 0 Å². The van der Waals surface area contributed by atoms with Crippen LogP contribution < -0.4 is 0 Å². The summed E-state index contributed by atoms with van der Waals surface area (Å²) in [6.45, 7) is 4.38. The molecule has 1 N–H and O–H groups in total. The quantitative estimate of drug-likeness (QED) is 0.0283. The molecule has 0 spiro atoms. The predicted octanol–water partition coefficient (Wildman–Crippen LogP) is 13.6. The first-order valence-corrected chi connectivity index (χ1v) is 23.9. The Hall–Kier alpha value is -4.01. The fourth-order valence-corrected chi connectivity index (χ4v) is 6.33. The summed E-state index contributed by atoms with van der Waals surface area (Å²) >= 11 is 0. The summed E-state index contributed by atoms with van der Waals surface area (Å²) in [5.41, 5.74) is 0. The topological polar surface area (TPSA) is 99.1 Å². The molecular weight excluding hydrogens is 775 g/mol. The second kappa shape index (κ2) is 43.6. The number of ether oxygens (including phenoxy) is 3. The lowest BCUT2D eigenvalue weighted by atomic mass is 10.1. The summed E-state index contributed by atoms with van der Waals surface area (Å²) in [6.07, 6.45) is 60.3. The van der Waals surface area contributed by atoms with Gasteiger partial charge >= 0.3 is 17.9 Å². The predicted molar refractivity (Wildman–Crippen MR) is 261 cm³/mol. The van der Waals surface area contributed by atoms with E-state index >= 15 is 0 Å². The Morgan fingerprint density at radius 3 is 1.34 bits per heavy atom. The third kappa shape index (κ3) is 41.3. The Bertz CT molecular complexity index is 1370. The zero-order chi connectivity index (χ0) is 45.6. The molecule has 2 unspecified atom stereocenters. The van der Waals surface area contributed by atoms with E-state index in [-0.39, 0.29) is 36.7 Å². The van der Waals surface area contributed by atoms with Crippen molar-refractivity contribution in [1.82, 2.24) is 0 Å². The molecule has 350 valence electrons. The molecule has 62 heavy (non-hydrogen) atoms. The number of nitrogens with zero attached hydrogens (tertiary/aromatic N) is 1. The average Bonchev–Trinajstić information content (AvgIpc) is 3.23. The number of unbranched alkanes of at least 4 members (excludes halogenated alkanes) is 10. The monoisotopic (exact) mass is 863 g/mol. The minimum Gasteiger partial charge on any atom is -0.477 e. The van der Waals surface area contributed by atoms with E-state index in [1.54, 1.807) is 6.08 Å². The lowest BCUT2D eigenvalue weighted by Gasteiger charge is -2.31. The molecule has 0 saturated carbocycles. The molecule has 0 amide bonds. The van der Waals surface area contributed by atoms with Gasteiger partial charge in [0.25, 0.3) is 0 Å². The highest BCUT2D eigenvalue weighted by Crippen LogP contribution is 2.14. The van der Waals surface area contributed by atoms with Crippen molar-refractivity contribution in [3.05, 3.63) is 109 Å². The van der Waals surface area contributed by atoms with E-state index in [0.29, 0.717) is 19.3 Å². The number of hydrogen-bond acceptors (Lipinski definition) is 6. The van der Waals surface area contributed by atoms with E-state index < -0.39 is 24.1 Å². The highest BCUT2D eigenvalue weighted by atomic mass is 16.6. The van der Waals surface area contributed by atoms with Gasteiger partial charge in [0.1, 0.15) is 6.61 Å². The Labute approximate surface area is 378 Å². The van der Waals surface area contributed by atoms with Gasteiger partial charge < -0.3 is 23.8 Å². The third-order valence-corrected chi connectivity index (χ3v) is 9.95. The van der Waals surface area contributed by atoms with E-state index in [4.69, 9.17) is 14.2 Å². The number of carboxylic acid groups (broad SMARTS) is 1.